The molecule has 0 fully saturated rings. The maximum absolute atomic E-state index is 11.7. The Labute approximate surface area is 132 Å². The molecule has 0 spiro atoms. The molecule has 2 amide bonds. The number of alkyl carbamates (subject to hydrolysis) is 1. The SMILES string of the molecule is CCOC(=O)NC(=O)CSc1nnc(C)n1-c1ccccc1. The van der Waals surface area contributed by atoms with Gasteiger partial charge in [-0.1, -0.05) is 30.0 Å². The Balaban J connectivity index is 2.03. The van der Waals surface area contributed by atoms with Crippen molar-refractivity contribution in [3.63, 3.8) is 0 Å². The number of nitrogens with one attached hydrogen (secondary N) is 1. The molecule has 1 heterocycles. The van der Waals surface area contributed by atoms with Gasteiger partial charge in [0, 0.05) is 5.69 Å². The molecule has 1 aromatic heterocycles. The van der Waals surface area contributed by atoms with Crippen LogP contribution >= 0.6 is 11.8 Å². The molecule has 7 nitrogen and oxygen atoms in total. The highest BCUT2D eigenvalue weighted by atomic mass is 32.2. The second-order valence-corrected chi connectivity index (χ2v) is 5.20. The molecule has 0 saturated heterocycles. The molecule has 0 atom stereocenters. The predicted octanol–water partition coefficient (Wildman–Crippen LogP) is 1.94. The number of rotatable bonds is 5. The number of benzene rings is 1. The minimum absolute atomic E-state index is 0.0454. The molecule has 116 valence electrons. The number of imide groups is 1. The number of aryl methyl sites for hydroxylation is 1. The van der Waals surface area contributed by atoms with Crippen LogP contribution in [0.4, 0.5) is 4.79 Å². The first kappa shape index (κ1) is 16.0. The number of para-hydroxylation sites is 1. The number of carbonyl (C=O) groups excluding carboxylic acids is 2. The molecule has 0 aliphatic rings. The van der Waals surface area contributed by atoms with Crippen molar-refractivity contribution in [2.45, 2.75) is 19.0 Å². The van der Waals surface area contributed by atoms with Crippen molar-refractivity contribution in [1.82, 2.24) is 20.1 Å². The molecule has 22 heavy (non-hydrogen) atoms. The number of hydrogen-bond acceptors (Lipinski definition) is 6. The molecule has 0 aliphatic carbocycles. The number of thioether (sulfide) groups is 1. The van der Waals surface area contributed by atoms with Gasteiger partial charge in [-0.15, -0.1) is 10.2 Å². The van der Waals surface area contributed by atoms with Crippen molar-refractivity contribution in [3.8, 4) is 5.69 Å². The fourth-order valence-corrected chi connectivity index (χ4v) is 2.56. The van der Waals surface area contributed by atoms with Crippen molar-refractivity contribution in [1.29, 1.82) is 0 Å². The molecule has 1 aromatic carbocycles. The Bertz CT molecular complexity index is 657. The molecule has 0 saturated carbocycles. The van der Waals surface area contributed by atoms with Crippen LogP contribution < -0.4 is 5.32 Å². The molecule has 0 aliphatic heterocycles. The average molecular weight is 320 g/mol. The van der Waals surface area contributed by atoms with Gasteiger partial charge in [0.05, 0.1) is 12.4 Å². The van der Waals surface area contributed by atoms with Gasteiger partial charge in [0.25, 0.3) is 0 Å². The molecule has 0 bridgehead atoms. The van der Waals surface area contributed by atoms with Crippen molar-refractivity contribution in [2.24, 2.45) is 0 Å². The zero-order valence-corrected chi connectivity index (χ0v) is 13.1. The number of carbonyl (C=O) groups is 2. The van der Waals surface area contributed by atoms with E-state index in [1.54, 1.807) is 6.92 Å². The normalized spacial score (nSPS) is 10.3. The van der Waals surface area contributed by atoms with E-state index < -0.39 is 12.0 Å². The third-order valence-corrected chi connectivity index (χ3v) is 3.59. The molecule has 1 N–H and O–H groups in total. The zero-order chi connectivity index (χ0) is 15.9. The Morgan fingerprint density at radius 3 is 2.68 bits per heavy atom. The maximum atomic E-state index is 11.7. The van der Waals surface area contributed by atoms with Gasteiger partial charge in [0.2, 0.25) is 5.91 Å². The molecular weight excluding hydrogens is 304 g/mol. The van der Waals surface area contributed by atoms with E-state index in [0.29, 0.717) is 5.16 Å². The summed E-state index contributed by atoms with van der Waals surface area (Å²) in [4.78, 5) is 22.8. The first-order chi connectivity index (χ1) is 10.6. The number of hydrogen-bond donors (Lipinski definition) is 1. The highest BCUT2D eigenvalue weighted by Crippen LogP contribution is 2.21. The maximum Gasteiger partial charge on any atom is 0.413 e. The van der Waals surface area contributed by atoms with Crippen molar-refractivity contribution in [3.05, 3.63) is 36.2 Å². The third-order valence-electron chi connectivity index (χ3n) is 2.66. The Kier molecular flexibility index (Phi) is 5.54. The Hall–Kier alpha value is -2.35. The second kappa shape index (κ2) is 7.60. The summed E-state index contributed by atoms with van der Waals surface area (Å²) in [6.07, 6.45) is -0.742. The lowest BCUT2D eigenvalue weighted by molar-refractivity contribution is -0.117. The van der Waals surface area contributed by atoms with Crippen molar-refractivity contribution in [2.75, 3.05) is 12.4 Å². The van der Waals surface area contributed by atoms with Crippen molar-refractivity contribution < 1.29 is 14.3 Å². The molecule has 2 aromatic rings. The summed E-state index contributed by atoms with van der Waals surface area (Å²) in [7, 11) is 0. The van der Waals surface area contributed by atoms with Crippen LogP contribution in [0.3, 0.4) is 0 Å². The number of nitrogens with zero attached hydrogens (tertiary/aromatic N) is 3. The van der Waals surface area contributed by atoms with Gasteiger partial charge in [-0.25, -0.2) is 4.79 Å². The van der Waals surface area contributed by atoms with Crippen LogP contribution in [0, 0.1) is 6.92 Å². The quantitative estimate of drug-likeness (QED) is 0.847. The Morgan fingerprint density at radius 1 is 1.27 bits per heavy atom. The summed E-state index contributed by atoms with van der Waals surface area (Å²) < 4.78 is 6.50. The van der Waals surface area contributed by atoms with E-state index in [2.05, 4.69) is 20.3 Å². The second-order valence-electron chi connectivity index (χ2n) is 4.26. The summed E-state index contributed by atoms with van der Waals surface area (Å²) in [6, 6.07) is 9.61. The van der Waals surface area contributed by atoms with E-state index in [1.807, 2.05) is 41.8 Å². The smallest absolute Gasteiger partial charge is 0.413 e. The van der Waals surface area contributed by atoms with Gasteiger partial charge in [0.1, 0.15) is 5.82 Å². The minimum Gasteiger partial charge on any atom is -0.450 e. The standard InChI is InChI=1S/C14H16N4O3S/c1-3-21-14(20)15-12(19)9-22-13-17-16-10(2)18(13)11-7-5-4-6-8-11/h4-8H,3,9H2,1-2H3,(H,15,19,20). The van der Waals surface area contributed by atoms with Crippen molar-refractivity contribution >= 4 is 23.8 Å². The summed E-state index contributed by atoms with van der Waals surface area (Å²) in [5.41, 5.74) is 0.915. The van der Waals surface area contributed by atoms with E-state index in [4.69, 9.17) is 0 Å². The lowest BCUT2D eigenvalue weighted by atomic mass is 10.3. The number of ether oxygens (including phenoxy) is 1. The number of amides is 2. The van der Waals surface area contributed by atoms with Gasteiger partial charge in [-0.05, 0) is 26.0 Å². The van der Waals surface area contributed by atoms with Crippen LogP contribution in [0.15, 0.2) is 35.5 Å². The molecular formula is C14H16N4O3S. The van der Waals surface area contributed by atoms with Crippen LogP contribution in [0.25, 0.3) is 5.69 Å². The monoisotopic (exact) mass is 320 g/mol. The topological polar surface area (TPSA) is 86.1 Å². The summed E-state index contributed by atoms with van der Waals surface area (Å²) in [5.74, 6) is 0.326. The van der Waals surface area contributed by atoms with E-state index in [-0.39, 0.29) is 12.4 Å². The van der Waals surface area contributed by atoms with Gasteiger partial charge < -0.3 is 4.74 Å². The van der Waals surface area contributed by atoms with Crippen LogP contribution in [0.1, 0.15) is 12.7 Å². The van der Waals surface area contributed by atoms with Gasteiger partial charge in [-0.3, -0.25) is 14.7 Å². The van der Waals surface area contributed by atoms with E-state index in [0.717, 1.165) is 11.5 Å². The zero-order valence-electron chi connectivity index (χ0n) is 12.3. The van der Waals surface area contributed by atoms with E-state index >= 15 is 0 Å². The van der Waals surface area contributed by atoms with E-state index in [9.17, 15) is 9.59 Å². The highest BCUT2D eigenvalue weighted by Gasteiger charge is 2.14. The summed E-state index contributed by atoms with van der Waals surface area (Å²) in [6.45, 7) is 3.72. The fraction of sp³-hybridized carbons (Fsp3) is 0.286. The molecule has 0 unspecified atom stereocenters. The van der Waals surface area contributed by atoms with Crippen LogP contribution in [0.5, 0.6) is 0 Å². The van der Waals surface area contributed by atoms with Crippen LogP contribution in [-0.2, 0) is 9.53 Å². The number of aromatic nitrogens is 3. The molecule has 0 radical (unpaired) electrons. The van der Waals surface area contributed by atoms with Gasteiger partial charge >= 0.3 is 6.09 Å². The van der Waals surface area contributed by atoms with Gasteiger partial charge in [0.15, 0.2) is 5.16 Å². The lowest BCUT2D eigenvalue weighted by Gasteiger charge is -2.08. The fourth-order valence-electron chi connectivity index (χ4n) is 1.76. The third kappa shape index (κ3) is 4.08. The first-order valence-corrected chi connectivity index (χ1v) is 7.67. The predicted molar refractivity (Wildman–Crippen MR) is 82.0 cm³/mol. The molecule has 2 rings (SSSR count). The van der Waals surface area contributed by atoms with E-state index in [1.165, 1.54) is 11.8 Å². The van der Waals surface area contributed by atoms with Crippen LogP contribution in [0.2, 0.25) is 0 Å². The summed E-state index contributed by atoms with van der Waals surface area (Å²) >= 11 is 1.20. The first-order valence-electron chi connectivity index (χ1n) is 6.68. The molecule has 8 heteroatoms. The average Bonchev–Trinajstić information content (AvgIpc) is 2.87. The largest absolute Gasteiger partial charge is 0.450 e. The Morgan fingerprint density at radius 2 is 2.00 bits per heavy atom. The highest BCUT2D eigenvalue weighted by molar-refractivity contribution is 7.99. The lowest BCUT2D eigenvalue weighted by Crippen LogP contribution is -2.32. The minimum atomic E-state index is -0.742. The van der Waals surface area contributed by atoms with Crippen LogP contribution in [-0.4, -0.2) is 39.1 Å². The van der Waals surface area contributed by atoms with Gasteiger partial charge in [-0.2, -0.15) is 0 Å². The summed E-state index contributed by atoms with van der Waals surface area (Å²) in [5, 5.41) is 10.8.